The van der Waals surface area contributed by atoms with E-state index in [9.17, 15) is 43.3 Å². The maximum absolute atomic E-state index is 12.5. The SMILES string of the molecule is CO[C@@H]1[C@H](SCOC[C@H]2O[C@@H](n3ccc(=O)[nH]c3=O)[C@H](O)[C@@H]2O)[C@@H](COP(=O)(O)OP(=O)(O)OP(=O)(O)O)O[C@H]1n1cnc2c(N)ncnc21. The third-order valence-electron chi connectivity index (χ3n) is 7.13. The zero-order chi connectivity index (χ0) is 36.6. The predicted molar refractivity (Wildman–Crippen MR) is 164 cm³/mol. The number of aromatic nitrogens is 6. The van der Waals surface area contributed by atoms with E-state index in [-0.39, 0.29) is 29.5 Å². The number of methoxy groups -OCH3 is 1. The summed E-state index contributed by atoms with van der Waals surface area (Å²) in [4.78, 5) is 74.9. The number of nitrogens with zero attached hydrogens (tertiary/aromatic N) is 5. The van der Waals surface area contributed by atoms with E-state index in [1.54, 1.807) is 0 Å². The number of imidazole rings is 1. The Morgan fingerprint density at radius 2 is 1.68 bits per heavy atom. The lowest BCUT2D eigenvalue weighted by atomic mass is 10.1. The molecule has 2 fully saturated rings. The van der Waals surface area contributed by atoms with E-state index in [0.717, 1.165) is 28.6 Å². The van der Waals surface area contributed by atoms with Crippen LogP contribution < -0.4 is 17.0 Å². The highest BCUT2D eigenvalue weighted by Crippen LogP contribution is 2.66. The number of aliphatic hydroxyl groups excluding tert-OH is 2. The van der Waals surface area contributed by atoms with Gasteiger partial charge >= 0.3 is 29.2 Å². The number of fused-ring (bicyclic) bond motifs is 1. The number of nitrogens with two attached hydrogens (primary N) is 1. The predicted octanol–water partition coefficient (Wildman–Crippen LogP) is -2.09. The molecule has 50 heavy (non-hydrogen) atoms. The number of phosphoric acid groups is 3. The molecule has 0 bridgehead atoms. The van der Waals surface area contributed by atoms with Crippen LogP contribution in [0.3, 0.4) is 0 Å². The molecule has 0 aromatic carbocycles. The van der Waals surface area contributed by atoms with E-state index >= 15 is 0 Å². The van der Waals surface area contributed by atoms with Crippen LogP contribution in [0.15, 0.2) is 34.5 Å². The number of nitrogens with one attached hydrogen (secondary N) is 1. The summed E-state index contributed by atoms with van der Waals surface area (Å²) < 4.78 is 73.0. The number of anilines is 1. The van der Waals surface area contributed by atoms with E-state index in [0.29, 0.717) is 0 Å². The minimum atomic E-state index is -5.80. The van der Waals surface area contributed by atoms with Gasteiger partial charge in [0, 0.05) is 19.4 Å². The van der Waals surface area contributed by atoms with Crippen molar-refractivity contribution in [3.63, 3.8) is 0 Å². The van der Waals surface area contributed by atoms with E-state index < -0.39 is 89.5 Å². The first-order valence-electron chi connectivity index (χ1n) is 13.8. The third kappa shape index (κ3) is 8.94. The number of aromatic amines is 1. The van der Waals surface area contributed by atoms with Gasteiger partial charge in [-0.25, -0.2) is 33.4 Å². The zero-order valence-corrected chi connectivity index (χ0v) is 28.7. The first-order valence-corrected chi connectivity index (χ1v) is 19.4. The van der Waals surface area contributed by atoms with Gasteiger partial charge in [0.1, 0.15) is 36.3 Å². The number of H-pyrrole nitrogens is 1. The van der Waals surface area contributed by atoms with Crippen LogP contribution >= 0.6 is 35.2 Å². The lowest BCUT2D eigenvalue weighted by Crippen LogP contribution is -2.37. The van der Waals surface area contributed by atoms with E-state index in [1.807, 2.05) is 4.98 Å². The molecule has 0 radical (unpaired) electrons. The zero-order valence-electron chi connectivity index (χ0n) is 25.2. The van der Waals surface area contributed by atoms with Crippen LogP contribution in [0, 0.1) is 0 Å². The van der Waals surface area contributed by atoms with Gasteiger partial charge in [-0.2, -0.15) is 8.62 Å². The highest BCUT2D eigenvalue weighted by molar-refractivity contribution is 7.99. The van der Waals surface area contributed by atoms with Crippen LogP contribution in [-0.4, -0.2) is 121 Å². The topological polar surface area (TPSA) is 362 Å². The summed E-state index contributed by atoms with van der Waals surface area (Å²) in [6.07, 6.45) is -5.14. The van der Waals surface area contributed by atoms with Crippen molar-refractivity contribution in [3.8, 4) is 0 Å². The van der Waals surface area contributed by atoms with Crippen LogP contribution in [0.2, 0.25) is 0 Å². The molecule has 29 heteroatoms. The van der Waals surface area contributed by atoms with Crippen LogP contribution in [0.5, 0.6) is 0 Å². The van der Waals surface area contributed by atoms with Gasteiger partial charge in [0.15, 0.2) is 23.9 Å². The fraction of sp³-hybridized carbons (Fsp3) is 0.571. The van der Waals surface area contributed by atoms with Gasteiger partial charge in [0.05, 0.1) is 36.8 Å². The monoisotopic (exact) mass is 793 g/mol. The van der Waals surface area contributed by atoms with Crippen molar-refractivity contribution in [2.75, 3.05) is 32.0 Å². The highest BCUT2D eigenvalue weighted by atomic mass is 32.2. The molecule has 0 aliphatic carbocycles. The van der Waals surface area contributed by atoms with Crippen molar-refractivity contribution in [2.24, 2.45) is 0 Å². The number of aliphatic hydroxyl groups is 2. The van der Waals surface area contributed by atoms with Gasteiger partial charge in [-0.05, 0) is 0 Å². The minimum absolute atomic E-state index is 0.0540. The summed E-state index contributed by atoms with van der Waals surface area (Å²) >= 11 is 1.01. The van der Waals surface area contributed by atoms with Gasteiger partial charge in [-0.3, -0.25) is 23.4 Å². The van der Waals surface area contributed by atoms with Crippen molar-refractivity contribution in [2.45, 2.75) is 48.2 Å². The van der Waals surface area contributed by atoms with Gasteiger partial charge in [0.2, 0.25) is 0 Å². The largest absolute Gasteiger partial charge is 0.490 e. The molecule has 0 spiro atoms. The number of hydrogen-bond donors (Lipinski definition) is 8. The molecule has 0 amide bonds. The highest BCUT2D eigenvalue weighted by Gasteiger charge is 2.49. The molecule has 5 rings (SSSR count). The Hall–Kier alpha value is -2.45. The Labute approximate surface area is 282 Å². The van der Waals surface area contributed by atoms with Crippen LogP contribution in [-0.2, 0) is 45.8 Å². The Morgan fingerprint density at radius 1 is 0.960 bits per heavy atom. The molecule has 9 N–H and O–H groups in total. The Balaban J connectivity index is 1.29. The van der Waals surface area contributed by atoms with Crippen molar-refractivity contribution in [1.82, 2.24) is 29.1 Å². The van der Waals surface area contributed by atoms with E-state index in [4.69, 9.17) is 39.0 Å². The maximum Gasteiger partial charge on any atom is 0.490 e. The maximum atomic E-state index is 12.5. The average Bonchev–Trinajstić information content (AvgIpc) is 3.67. The van der Waals surface area contributed by atoms with Gasteiger partial charge in [-0.15, -0.1) is 11.8 Å². The minimum Gasteiger partial charge on any atom is -0.387 e. The van der Waals surface area contributed by atoms with E-state index in [1.165, 1.54) is 24.3 Å². The fourth-order valence-corrected chi connectivity index (χ4v) is 9.23. The summed E-state index contributed by atoms with van der Waals surface area (Å²) in [5.41, 5.74) is 4.77. The van der Waals surface area contributed by atoms with Crippen molar-refractivity contribution in [1.29, 1.82) is 0 Å². The van der Waals surface area contributed by atoms with Crippen molar-refractivity contribution in [3.05, 3.63) is 45.8 Å². The summed E-state index contributed by atoms with van der Waals surface area (Å²) in [6.45, 7) is -1.16. The third-order valence-corrected chi connectivity index (χ3v) is 12.2. The van der Waals surface area contributed by atoms with Gasteiger partial charge in [-0.1, -0.05) is 0 Å². The summed E-state index contributed by atoms with van der Waals surface area (Å²) in [7, 11) is -15.6. The lowest BCUT2D eigenvalue weighted by Gasteiger charge is -2.24. The van der Waals surface area contributed by atoms with Gasteiger partial charge in [0.25, 0.3) is 5.56 Å². The molecule has 5 heterocycles. The molecule has 2 aliphatic rings. The molecule has 2 aliphatic heterocycles. The smallest absolute Gasteiger partial charge is 0.387 e. The quantitative estimate of drug-likeness (QED) is 0.0464. The fourth-order valence-electron chi connectivity index (χ4n) is 5.06. The number of ether oxygens (including phenoxy) is 4. The average molecular weight is 793 g/mol. The molecule has 10 atom stereocenters. The second kappa shape index (κ2) is 15.3. The Kier molecular flexibility index (Phi) is 11.8. The summed E-state index contributed by atoms with van der Waals surface area (Å²) in [5, 5.41) is 20.1. The van der Waals surface area contributed by atoms with Crippen LogP contribution in [0.4, 0.5) is 5.82 Å². The van der Waals surface area contributed by atoms with Crippen LogP contribution in [0.1, 0.15) is 12.5 Å². The molecule has 3 aromatic rings. The first kappa shape index (κ1) is 38.8. The van der Waals surface area contributed by atoms with E-state index in [2.05, 4.69) is 23.6 Å². The lowest BCUT2D eigenvalue weighted by molar-refractivity contribution is -0.0631. The second-order valence-corrected chi connectivity index (χ2v) is 16.0. The van der Waals surface area contributed by atoms with Gasteiger partial charge < -0.3 is 54.5 Å². The Bertz CT molecular complexity index is 1940. The molecular weight excluding hydrogens is 763 g/mol. The van der Waals surface area contributed by atoms with Crippen molar-refractivity contribution < 1.29 is 75.6 Å². The molecule has 278 valence electrons. The second-order valence-electron chi connectivity index (χ2n) is 10.4. The summed E-state index contributed by atoms with van der Waals surface area (Å²) in [6, 6.07) is 1.03. The molecule has 0 saturated carbocycles. The molecule has 3 aromatic heterocycles. The number of phosphoric ester groups is 1. The van der Waals surface area contributed by atoms with Crippen molar-refractivity contribution >= 4 is 52.2 Å². The van der Waals surface area contributed by atoms with Crippen LogP contribution in [0.25, 0.3) is 11.2 Å². The number of thioether (sulfide) groups is 1. The standard InChI is InChI=1S/C21H30N7O18P3S/c1-40-15-16(50-8-41-4-9-13(30)14(31)19(43-9)27-3-2-11(29)26-21(27)32)10(5-42-48(36,37)46-49(38,39)45-47(33,34)35)44-20(15)28-7-25-12-17(22)23-6-24-18(12)28/h2-3,6-7,9-10,13-16,19-20,30-31H,4-5,8H2,1H3,(H,36,37)(H,38,39)(H2,22,23,24)(H,26,29,32)(H2,33,34,35)/t9-,10-,13-,14-,15-,16-,19-,20-/m1/s1. The normalized spacial score (nSPS) is 29.7. The molecule has 2 saturated heterocycles. The molecule has 25 nitrogen and oxygen atoms in total. The number of nitrogen functional groups attached to an aromatic ring is 1. The first-order chi connectivity index (χ1) is 23.4. The number of hydrogen-bond acceptors (Lipinski definition) is 19. The molecular formula is C21H30N7O18P3S. The number of rotatable bonds is 15. The Morgan fingerprint density at radius 3 is 2.36 bits per heavy atom. The molecule has 2 unspecified atom stereocenters. The summed E-state index contributed by atoms with van der Waals surface area (Å²) in [5.74, 6) is -0.142.